The van der Waals surface area contributed by atoms with Gasteiger partial charge in [0, 0.05) is 5.02 Å². The number of nitrogens with zero attached hydrogens (tertiary/aromatic N) is 1. The van der Waals surface area contributed by atoms with Crippen molar-refractivity contribution in [2.45, 2.75) is 13.5 Å². The maximum atomic E-state index is 12.4. The summed E-state index contributed by atoms with van der Waals surface area (Å²) < 4.78 is 6.90. The van der Waals surface area contributed by atoms with Crippen molar-refractivity contribution >= 4 is 68.8 Å². The molecule has 156 valence electrons. The first-order chi connectivity index (χ1) is 15.0. The van der Waals surface area contributed by atoms with Gasteiger partial charge >= 0.3 is 0 Å². The molecule has 1 heterocycles. The van der Waals surface area contributed by atoms with E-state index in [0.717, 1.165) is 26.1 Å². The Morgan fingerprint density at radius 2 is 1.84 bits per heavy atom. The fourth-order valence-corrected chi connectivity index (χ4v) is 4.50. The zero-order valence-corrected chi connectivity index (χ0v) is 20.3. The molecule has 0 bridgehead atoms. The Balaban J connectivity index is 1.44. The van der Waals surface area contributed by atoms with Crippen molar-refractivity contribution in [3.05, 3.63) is 96.9 Å². The number of aliphatic imine (C=N–C) groups is 1. The Hall–Kier alpha value is -2.29. The number of amides is 1. The van der Waals surface area contributed by atoms with E-state index in [1.165, 1.54) is 17.3 Å². The summed E-state index contributed by atoms with van der Waals surface area (Å²) >= 11 is 9.50. The number of amidine groups is 1. The normalized spacial score (nSPS) is 16.0. The van der Waals surface area contributed by atoms with Crippen LogP contribution in [0, 0.1) is 10.5 Å². The molecule has 0 aliphatic carbocycles. The van der Waals surface area contributed by atoms with Gasteiger partial charge in [0.05, 0.1) is 14.2 Å². The van der Waals surface area contributed by atoms with Crippen LogP contribution < -0.4 is 10.1 Å². The van der Waals surface area contributed by atoms with Crippen LogP contribution >= 0.6 is 46.0 Å². The number of ether oxygens (including phenoxy) is 1. The highest BCUT2D eigenvalue weighted by atomic mass is 127. The highest BCUT2D eigenvalue weighted by Crippen LogP contribution is 2.30. The highest BCUT2D eigenvalue weighted by Gasteiger charge is 2.23. The fourth-order valence-electron chi connectivity index (χ4n) is 2.83. The van der Waals surface area contributed by atoms with E-state index in [1.807, 2.05) is 79.7 Å². The molecule has 3 aromatic carbocycles. The van der Waals surface area contributed by atoms with Crippen LogP contribution in [0.2, 0.25) is 5.02 Å². The average molecular weight is 561 g/mol. The van der Waals surface area contributed by atoms with Crippen LogP contribution in [-0.4, -0.2) is 11.1 Å². The predicted molar refractivity (Wildman–Crippen MR) is 137 cm³/mol. The van der Waals surface area contributed by atoms with E-state index in [9.17, 15) is 4.79 Å². The first-order valence-electron chi connectivity index (χ1n) is 9.49. The predicted octanol–water partition coefficient (Wildman–Crippen LogP) is 6.72. The molecule has 31 heavy (non-hydrogen) atoms. The lowest BCUT2D eigenvalue weighted by atomic mass is 10.2. The molecule has 1 aliphatic heterocycles. The number of rotatable bonds is 5. The van der Waals surface area contributed by atoms with Crippen LogP contribution in [-0.2, 0) is 11.4 Å². The molecule has 3 aromatic rings. The molecule has 1 amide bonds. The van der Waals surface area contributed by atoms with E-state index in [-0.39, 0.29) is 5.91 Å². The minimum absolute atomic E-state index is 0.145. The second-order valence-electron chi connectivity index (χ2n) is 6.92. The van der Waals surface area contributed by atoms with Gasteiger partial charge in [0.15, 0.2) is 5.17 Å². The molecule has 1 aliphatic rings. The van der Waals surface area contributed by atoms with Gasteiger partial charge in [0.25, 0.3) is 5.91 Å². The summed E-state index contributed by atoms with van der Waals surface area (Å²) in [5, 5.41) is 4.11. The van der Waals surface area contributed by atoms with Crippen LogP contribution in [0.3, 0.4) is 0 Å². The van der Waals surface area contributed by atoms with E-state index >= 15 is 0 Å². The van der Waals surface area contributed by atoms with E-state index in [1.54, 1.807) is 0 Å². The lowest BCUT2D eigenvalue weighted by Crippen LogP contribution is -2.19. The number of hydrogen-bond acceptors (Lipinski definition) is 4. The van der Waals surface area contributed by atoms with E-state index in [0.29, 0.717) is 21.7 Å². The maximum absolute atomic E-state index is 12.4. The van der Waals surface area contributed by atoms with Gasteiger partial charge in [0.2, 0.25) is 0 Å². The Labute approximate surface area is 203 Å². The summed E-state index contributed by atoms with van der Waals surface area (Å²) in [5.41, 5.74) is 3.96. The third kappa shape index (κ3) is 5.90. The number of hydrogen-bond donors (Lipinski definition) is 1. The summed E-state index contributed by atoms with van der Waals surface area (Å²) in [5.74, 6) is 0.650. The Morgan fingerprint density at radius 1 is 1.10 bits per heavy atom. The Bertz CT molecular complexity index is 1180. The van der Waals surface area contributed by atoms with Crippen molar-refractivity contribution < 1.29 is 9.53 Å². The molecule has 0 unspecified atom stereocenters. The molecule has 1 saturated heterocycles. The van der Waals surface area contributed by atoms with Gasteiger partial charge in [0.1, 0.15) is 12.4 Å². The number of thioether (sulfide) groups is 1. The van der Waals surface area contributed by atoms with Gasteiger partial charge in [-0.05, 0) is 94.9 Å². The molecular weight excluding hydrogens is 543 g/mol. The molecule has 0 spiro atoms. The first-order valence-corrected chi connectivity index (χ1v) is 11.8. The molecule has 1 fully saturated rings. The van der Waals surface area contributed by atoms with Gasteiger partial charge in [-0.25, -0.2) is 4.99 Å². The van der Waals surface area contributed by atoms with E-state index in [4.69, 9.17) is 16.3 Å². The summed E-state index contributed by atoms with van der Waals surface area (Å²) in [6, 6.07) is 21.3. The van der Waals surface area contributed by atoms with Crippen molar-refractivity contribution in [1.82, 2.24) is 5.32 Å². The van der Waals surface area contributed by atoms with Crippen molar-refractivity contribution in [3.63, 3.8) is 0 Å². The number of carbonyl (C=O) groups is 1. The summed E-state index contributed by atoms with van der Waals surface area (Å²) in [6.07, 6.45) is 1.86. The first kappa shape index (κ1) is 21.9. The monoisotopic (exact) mass is 560 g/mol. The minimum Gasteiger partial charge on any atom is -0.488 e. The van der Waals surface area contributed by atoms with Crippen molar-refractivity contribution in [2.75, 3.05) is 0 Å². The lowest BCUT2D eigenvalue weighted by molar-refractivity contribution is -0.115. The largest absolute Gasteiger partial charge is 0.488 e. The smallest absolute Gasteiger partial charge is 0.264 e. The minimum atomic E-state index is -0.145. The second-order valence-corrected chi connectivity index (χ2v) is 9.55. The quantitative estimate of drug-likeness (QED) is 0.278. The fraction of sp³-hybridized carbons (Fsp3) is 0.0833. The molecule has 0 radical (unpaired) electrons. The number of nitrogens with one attached hydrogen (secondary N) is 1. The van der Waals surface area contributed by atoms with E-state index < -0.39 is 0 Å². The van der Waals surface area contributed by atoms with Crippen molar-refractivity contribution in [1.29, 1.82) is 0 Å². The second kappa shape index (κ2) is 9.89. The maximum Gasteiger partial charge on any atom is 0.264 e. The Kier molecular flexibility index (Phi) is 6.99. The van der Waals surface area contributed by atoms with Crippen LogP contribution in [0.1, 0.15) is 16.7 Å². The van der Waals surface area contributed by atoms with Gasteiger partial charge in [-0.15, -0.1) is 0 Å². The zero-order chi connectivity index (χ0) is 21.8. The molecule has 4 nitrogen and oxygen atoms in total. The van der Waals surface area contributed by atoms with Gasteiger partial charge < -0.3 is 10.1 Å². The van der Waals surface area contributed by atoms with Crippen LogP contribution in [0.5, 0.6) is 5.75 Å². The summed E-state index contributed by atoms with van der Waals surface area (Å²) in [4.78, 5) is 17.5. The molecule has 0 atom stereocenters. The van der Waals surface area contributed by atoms with Crippen LogP contribution in [0.4, 0.5) is 5.69 Å². The Morgan fingerprint density at radius 3 is 2.55 bits per heavy atom. The zero-order valence-electron chi connectivity index (χ0n) is 16.6. The standard InChI is InChI=1S/C24H18ClIN2O2S/c1-15-2-9-19(10-3-15)27-24-28-23(29)22(31-24)13-17-6-11-21(20(26)12-17)30-14-16-4-7-18(25)8-5-16/h2-13H,14H2,1H3,(H,27,28,29)/b22-13+. The van der Waals surface area contributed by atoms with Crippen LogP contribution in [0.15, 0.2) is 76.6 Å². The number of halogens is 2. The molecule has 4 rings (SSSR count). The molecule has 0 aromatic heterocycles. The molecule has 1 N–H and O–H groups in total. The number of benzene rings is 3. The van der Waals surface area contributed by atoms with Gasteiger partial charge in [-0.3, -0.25) is 4.79 Å². The summed E-state index contributed by atoms with van der Waals surface area (Å²) in [7, 11) is 0. The van der Waals surface area contributed by atoms with Crippen molar-refractivity contribution in [3.8, 4) is 5.75 Å². The lowest BCUT2D eigenvalue weighted by Gasteiger charge is -2.09. The number of carbonyl (C=O) groups excluding carboxylic acids is 1. The van der Waals surface area contributed by atoms with Crippen molar-refractivity contribution in [2.24, 2.45) is 4.99 Å². The third-order valence-corrected chi connectivity index (χ3v) is 6.48. The number of aryl methyl sites for hydroxylation is 1. The molecule has 0 saturated carbocycles. The molecule has 7 heteroatoms. The topological polar surface area (TPSA) is 50.7 Å². The van der Waals surface area contributed by atoms with Gasteiger partial charge in [-0.1, -0.05) is 47.5 Å². The third-order valence-electron chi connectivity index (χ3n) is 4.48. The van der Waals surface area contributed by atoms with Crippen LogP contribution in [0.25, 0.3) is 6.08 Å². The highest BCUT2D eigenvalue weighted by molar-refractivity contribution is 14.1. The molecular formula is C24H18ClIN2O2S. The SMILES string of the molecule is Cc1ccc(N=C2NC(=O)/C(=C\c3ccc(OCc4ccc(Cl)cc4)c(I)c3)S2)cc1. The van der Waals surface area contributed by atoms with E-state index in [2.05, 4.69) is 32.9 Å². The van der Waals surface area contributed by atoms with Gasteiger partial charge in [-0.2, -0.15) is 0 Å². The average Bonchev–Trinajstić information content (AvgIpc) is 3.09. The summed E-state index contributed by atoms with van der Waals surface area (Å²) in [6.45, 7) is 2.49.